The van der Waals surface area contributed by atoms with Gasteiger partial charge in [0, 0.05) is 31.7 Å². The maximum absolute atomic E-state index is 12.4. The lowest BCUT2D eigenvalue weighted by molar-refractivity contribution is -0.119. The summed E-state index contributed by atoms with van der Waals surface area (Å²) in [6.45, 7) is 6.94. The molecule has 1 aliphatic heterocycles. The summed E-state index contributed by atoms with van der Waals surface area (Å²) in [7, 11) is 0. The van der Waals surface area contributed by atoms with E-state index in [0.717, 1.165) is 45.7 Å². The van der Waals surface area contributed by atoms with Crippen LogP contribution >= 0.6 is 11.8 Å². The number of carbonyl (C=O) groups excluding carboxylic acids is 1. The molecule has 0 spiro atoms. The molecule has 1 amide bonds. The Morgan fingerprint density at radius 1 is 1.28 bits per heavy atom. The van der Waals surface area contributed by atoms with Crippen LogP contribution in [0.25, 0.3) is 0 Å². The van der Waals surface area contributed by atoms with Gasteiger partial charge in [0.05, 0.1) is 19.0 Å². The molecule has 8 nitrogen and oxygen atoms in total. The van der Waals surface area contributed by atoms with Crippen LogP contribution in [-0.2, 0) is 16.1 Å². The SMILES string of the molecule is CCn1nnnc1SCC(=O)NCC1(N2CCOCC2)CCCCC1. The van der Waals surface area contributed by atoms with Crippen LogP contribution in [-0.4, -0.2) is 75.2 Å². The van der Waals surface area contributed by atoms with E-state index in [1.54, 1.807) is 4.68 Å². The van der Waals surface area contributed by atoms with Crippen LogP contribution in [0.1, 0.15) is 39.0 Å². The molecule has 2 heterocycles. The van der Waals surface area contributed by atoms with Gasteiger partial charge >= 0.3 is 0 Å². The highest BCUT2D eigenvalue weighted by molar-refractivity contribution is 7.99. The van der Waals surface area contributed by atoms with Gasteiger partial charge in [-0.1, -0.05) is 31.0 Å². The summed E-state index contributed by atoms with van der Waals surface area (Å²) in [5.74, 6) is 0.397. The second kappa shape index (κ2) is 8.95. The molecule has 0 radical (unpaired) electrons. The molecule has 140 valence electrons. The molecule has 1 saturated heterocycles. The minimum absolute atomic E-state index is 0.0499. The van der Waals surface area contributed by atoms with Crippen molar-refractivity contribution in [1.82, 2.24) is 30.4 Å². The van der Waals surface area contributed by atoms with Gasteiger partial charge in [0.15, 0.2) is 0 Å². The Labute approximate surface area is 153 Å². The number of aryl methyl sites for hydroxylation is 1. The van der Waals surface area contributed by atoms with E-state index < -0.39 is 0 Å². The molecule has 0 bridgehead atoms. The third kappa shape index (κ3) is 4.71. The van der Waals surface area contributed by atoms with Gasteiger partial charge in [-0.2, -0.15) is 0 Å². The Morgan fingerprint density at radius 2 is 2.04 bits per heavy atom. The fraction of sp³-hybridized carbons (Fsp3) is 0.875. The quantitative estimate of drug-likeness (QED) is 0.717. The Hall–Kier alpha value is -1.19. The highest BCUT2D eigenvalue weighted by Crippen LogP contribution is 2.33. The van der Waals surface area contributed by atoms with Crippen molar-refractivity contribution >= 4 is 17.7 Å². The number of tetrazole rings is 1. The zero-order valence-corrected chi connectivity index (χ0v) is 15.8. The molecular weight excluding hydrogens is 340 g/mol. The summed E-state index contributed by atoms with van der Waals surface area (Å²) < 4.78 is 7.21. The average Bonchev–Trinajstić information content (AvgIpc) is 3.14. The van der Waals surface area contributed by atoms with Crippen LogP contribution in [0.4, 0.5) is 0 Å². The van der Waals surface area contributed by atoms with Crippen LogP contribution in [0.3, 0.4) is 0 Å². The monoisotopic (exact) mass is 368 g/mol. The maximum atomic E-state index is 12.4. The molecule has 1 saturated carbocycles. The summed E-state index contributed by atoms with van der Waals surface area (Å²) in [4.78, 5) is 14.9. The molecule has 2 fully saturated rings. The number of morpholine rings is 1. The number of rotatable bonds is 7. The Bertz CT molecular complexity index is 555. The smallest absolute Gasteiger partial charge is 0.230 e. The number of carbonyl (C=O) groups is 1. The van der Waals surface area contributed by atoms with Gasteiger partial charge in [-0.25, -0.2) is 4.68 Å². The first-order chi connectivity index (χ1) is 12.2. The van der Waals surface area contributed by atoms with E-state index in [9.17, 15) is 4.79 Å². The lowest BCUT2D eigenvalue weighted by Crippen LogP contribution is -2.59. The highest BCUT2D eigenvalue weighted by Gasteiger charge is 2.38. The molecule has 25 heavy (non-hydrogen) atoms. The van der Waals surface area contributed by atoms with Gasteiger partial charge < -0.3 is 10.1 Å². The second-order valence-electron chi connectivity index (χ2n) is 6.73. The number of thioether (sulfide) groups is 1. The van der Waals surface area contributed by atoms with E-state index >= 15 is 0 Å². The minimum atomic E-state index is 0.0499. The van der Waals surface area contributed by atoms with Crippen LogP contribution < -0.4 is 5.32 Å². The van der Waals surface area contributed by atoms with Crippen molar-refractivity contribution in [3.63, 3.8) is 0 Å². The van der Waals surface area contributed by atoms with Crippen molar-refractivity contribution < 1.29 is 9.53 Å². The standard InChI is InChI=1S/C16H28N6O2S/c1-2-22-15(18-19-20-22)25-12-14(23)17-13-16(6-4-3-5-7-16)21-8-10-24-11-9-21/h2-13H2,1H3,(H,17,23). The van der Waals surface area contributed by atoms with Gasteiger partial charge in [0.2, 0.25) is 11.1 Å². The molecule has 1 aliphatic carbocycles. The molecule has 0 atom stereocenters. The summed E-state index contributed by atoms with van der Waals surface area (Å²) in [5.41, 5.74) is 0.105. The molecule has 1 N–H and O–H groups in total. The van der Waals surface area contributed by atoms with Crippen LogP contribution in [0.5, 0.6) is 0 Å². The molecule has 0 unspecified atom stereocenters. The van der Waals surface area contributed by atoms with Crippen LogP contribution in [0.15, 0.2) is 5.16 Å². The molecule has 2 aliphatic rings. The first-order valence-electron chi connectivity index (χ1n) is 9.22. The first-order valence-corrected chi connectivity index (χ1v) is 10.2. The number of ether oxygens (including phenoxy) is 1. The van der Waals surface area contributed by atoms with E-state index in [1.165, 1.54) is 31.0 Å². The van der Waals surface area contributed by atoms with Crippen molar-refractivity contribution in [3.8, 4) is 0 Å². The lowest BCUT2D eigenvalue weighted by atomic mass is 9.79. The van der Waals surface area contributed by atoms with E-state index in [-0.39, 0.29) is 11.4 Å². The van der Waals surface area contributed by atoms with Gasteiger partial charge in [-0.15, -0.1) is 5.10 Å². The molecule has 9 heteroatoms. The van der Waals surface area contributed by atoms with E-state index in [1.807, 2.05) is 6.92 Å². The summed E-state index contributed by atoms with van der Waals surface area (Å²) in [6, 6.07) is 0. The van der Waals surface area contributed by atoms with Crippen molar-refractivity contribution in [1.29, 1.82) is 0 Å². The van der Waals surface area contributed by atoms with E-state index in [0.29, 0.717) is 17.5 Å². The second-order valence-corrected chi connectivity index (χ2v) is 7.67. The number of aromatic nitrogens is 4. The fourth-order valence-electron chi connectivity index (χ4n) is 3.79. The fourth-order valence-corrected chi connectivity index (χ4v) is 4.57. The van der Waals surface area contributed by atoms with Crippen molar-refractivity contribution in [2.75, 3.05) is 38.6 Å². The lowest BCUT2D eigenvalue weighted by Gasteiger charge is -2.48. The average molecular weight is 369 g/mol. The van der Waals surface area contributed by atoms with E-state index in [2.05, 4.69) is 25.7 Å². The predicted molar refractivity (Wildman–Crippen MR) is 95.4 cm³/mol. The number of hydrogen-bond acceptors (Lipinski definition) is 7. The topological polar surface area (TPSA) is 85.2 Å². The van der Waals surface area contributed by atoms with Crippen molar-refractivity contribution in [2.45, 2.75) is 56.3 Å². The molecule has 0 aromatic carbocycles. The zero-order valence-electron chi connectivity index (χ0n) is 14.9. The van der Waals surface area contributed by atoms with Gasteiger partial charge in [-0.3, -0.25) is 9.69 Å². The molecular formula is C16H28N6O2S. The Kier molecular flexibility index (Phi) is 6.66. The third-order valence-corrected chi connectivity index (χ3v) is 6.17. The molecule has 1 aromatic heterocycles. The number of hydrogen-bond donors (Lipinski definition) is 1. The largest absolute Gasteiger partial charge is 0.379 e. The minimum Gasteiger partial charge on any atom is -0.379 e. The highest BCUT2D eigenvalue weighted by atomic mass is 32.2. The normalized spacial score (nSPS) is 21.2. The van der Waals surface area contributed by atoms with Crippen molar-refractivity contribution in [2.24, 2.45) is 0 Å². The zero-order chi connectivity index (χ0) is 17.5. The number of amides is 1. The maximum Gasteiger partial charge on any atom is 0.230 e. The third-order valence-electron chi connectivity index (χ3n) is 5.21. The summed E-state index contributed by atoms with van der Waals surface area (Å²) in [6.07, 6.45) is 6.11. The van der Waals surface area contributed by atoms with Gasteiger partial charge in [0.1, 0.15) is 0 Å². The summed E-state index contributed by atoms with van der Waals surface area (Å²) in [5, 5.41) is 15.4. The van der Waals surface area contributed by atoms with Crippen molar-refractivity contribution in [3.05, 3.63) is 0 Å². The van der Waals surface area contributed by atoms with Gasteiger partial charge in [0.25, 0.3) is 0 Å². The number of nitrogens with one attached hydrogen (secondary N) is 1. The molecule has 3 rings (SSSR count). The summed E-state index contributed by atoms with van der Waals surface area (Å²) >= 11 is 1.39. The van der Waals surface area contributed by atoms with E-state index in [4.69, 9.17) is 4.74 Å². The Balaban J connectivity index is 1.52. The molecule has 1 aromatic rings. The Morgan fingerprint density at radius 3 is 2.76 bits per heavy atom. The first kappa shape index (κ1) is 18.6. The number of nitrogens with zero attached hydrogens (tertiary/aromatic N) is 5. The van der Waals surface area contributed by atoms with Crippen LogP contribution in [0, 0.1) is 0 Å². The predicted octanol–water partition coefficient (Wildman–Crippen LogP) is 0.936. The van der Waals surface area contributed by atoms with Crippen LogP contribution in [0.2, 0.25) is 0 Å². The van der Waals surface area contributed by atoms with Gasteiger partial charge in [-0.05, 0) is 30.2 Å².